The fourth-order valence-corrected chi connectivity index (χ4v) is 4.68. The Hall–Kier alpha value is -2.33. The summed E-state index contributed by atoms with van der Waals surface area (Å²) in [6.45, 7) is 0.109. The molecule has 0 amide bonds. The molecule has 2 aromatic heterocycles. The minimum atomic E-state index is -4.73. The zero-order chi connectivity index (χ0) is 19.3. The topological polar surface area (TPSA) is 80.6 Å². The molecule has 1 aliphatic rings. The van der Waals surface area contributed by atoms with E-state index in [0.29, 0.717) is 17.6 Å². The first-order valence-electron chi connectivity index (χ1n) is 7.73. The molecule has 3 heterocycles. The molecular weight excluding hydrogens is 405 g/mol. The first-order valence-corrected chi connectivity index (χ1v) is 9.10. The third-order valence-corrected chi connectivity index (χ3v) is 6.02. The molecule has 27 heavy (non-hydrogen) atoms. The molecule has 1 atom stereocenters. The van der Waals surface area contributed by atoms with E-state index in [1.807, 2.05) is 0 Å². The first-order chi connectivity index (χ1) is 12.8. The highest BCUT2D eigenvalue weighted by atomic mass is 35.5. The number of halogens is 4. The van der Waals surface area contributed by atoms with Crippen molar-refractivity contribution in [3.8, 4) is 0 Å². The molecule has 0 fully saturated rings. The molecule has 1 N–H and O–H groups in total. The largest absolute Gasteiger partial charge is 0.417 e. The van der Waals surface area contributed by atoms with E-state index in [2.05, 4.69) is 15.0 Å². The van der Waals surface area contributed by atoms with Gasteiger partial charge in [0.25, 0.3) is 5.56 Å². The summed E-state index contributed by atoms with van der Waals surface area (Å²) in [7, 11) is 0. The van der Waals surface area contributed by atoms with Crippen LogP contribution in [0.5, 0.6) is 0 Å². The molecule has 11 heteroatoms. The molecule has 1 aromatic carbocycles. The fraction of sp³-hybridized carbons (Fsp3) is 0.250. The van der Waals surface area contributed by atoms with Gasteiger partial charge in [0, 0.05) is 30.6 Å². The third-order valence-electron chi connectivity index (χ3n) is 4.26. The van der Waals surface area contributed by atoms with Crippen LogP contribution in [0.4, 0.5) is 13.2 Å². The second-order valence-corrected chi connectivity index (χ2v) is 7.35. The Labute approximate surface area is 158 Å². The van der Waals surface area contributed by atoms with Gasteiger partial charge in [0.15, 0.2) is 0 Å². The smallest absolute Gasteiger partial charge is 0.291 e. The number of hydrogen-bond acceptors (Lipinski definition) is 5. The van der Waals surface area contributed by atoms with E-state index >= 15 is 0 Å². The number of aromatic nitrogens is 4. The van der Waals surface area contributed by atoms with Crippen LogP contribution in [0.2, 0.25) is 5.02 Å². The van der Waals surface area contributed by atoms with Crippen molar-refractivity contribution in [3.63, 3.8) is 0 Å². The first kappa shape index (κ1) is 18.1. The van der Waals surface area contributed by atoms with Crippen LogP contribution in [0.15, 0.2) is 39.0 Å². The van der Waals surface area contributed by atoms with Gasteiger partial charge in [-0.25, -0.2) is 14.8 Å². The minimum Gasteiger partial charge on any atom is -0.291 e. The Morgan fingerprint density at radius 1 is 1.26 bits per heavy atom. The van der Waals surface area contributed by atoms with Crippen LogP contribution in [0, 0.1) is 0 Å². The van der Waals surface area contributed by atoms with Crippen molar-refractivity contribution in [3.05, 3.63) is 61.8 Å². The van der Waals surface area contributed by atoms with E-state index < -0.39 is 28.0 Å². The maximum absolute atomic E-state index is 13.4. The number of H-pyrrole nitrogens is 1. The zero-order valence-electron chi connectivity index (χ0n) is 13.4. The van der Waals surface area contributed by atoms with Gasteiger partial charge in [-0.15, -0.1) is 11.8 Å². The maximum Gasteiger partial charge on any atom is 0.417 e. The lowest BCUT2D eigenvalue weighted by Gasteiger charge is -2.15. The van der Waals surface area contributed by atoms with Gasteiger partial charge in [0.2, 0.25) is 0 Å². The van der Waals surface area contributed by atoms with Gasteiger partial charge >= 0.3 is 11.9 Å². The predicted octanol–water partition coefficient (Wildman–Crippen LogP) is 3.04. The van der Waals surface area contributed by atoms with Crippen molar-refractivity contribution in [1.29, 1.82) is 0 Å². The Morgan fingerprint density at radius 3 is 2.63 bits per heavy atom. The molecule has 4 rings (SSSR count). The summed E-state index contributed by atoms with van der Waals surface area (Å²) in [6, 6.07) is 2.33. The SMILES string of the molecule is O=c1[nH]c(=O)n2c3c(c(Cl)c(C(F)(F)F)cc13)SCC(c1ncccn1)C2. The van der Waals surface area contributed by atoms with E-state index in [1.54, 1.807) is 18.5 Å². The molecule has 0 saturated carbocycles. The maximum atomic E-state index is 13.4. The number of aromatic amines is 1. The number of rotatable bonds is 1. The average Bonchev–Trinajstić information content (AvgIpc) is 2.82. The minimum absolute atomic E-state index is 0.0584. The Kier molecular flexibility index (Phi) is 4.26. The standard InChI is InChI=1S/C16H10ClF3N4O2S/c17-10-9(16(18,19)20)4-8-11-12(10)27-6-7(13-21-2-1-3-22-13)5-24(11)15(26)23-14(8)25/h1-4,7H,5-6H2,(H,23,25,26). The molecule has 0 saturated heterocycles. The van der Waals surface area contributed by atoms with Crippen LogP contribution in [-0.4, -0.2) is 25.3 Å². The zero-order valence-corrected chi connectivity index (χ0v) is 15.0. The molecule has 1 aliphatic heterocycles. The number of hydrogen-bond donors (Lipinski definition) is 1. The molecule has 0 bridgehead atoms. The van der Waals surface area contributed by atoms with Gasteiger partial charge in [-0.1, -0.05) is 11.6 Å². The van der Waals surface area contributed by atoms with Crippen molar-refractivity contribution < 1.29 is 13.2 Å². The van der Waals surface area contributed by atoms with Crippen molar-refractivity contribution in [2.24, 2.45) is 0 Å². The van der Waals surface area contributed by atoms with Crippen LogP contribution in [0.1, 0.15) is 17.3 Å². The van der Waals surface area contributed by atoms with Crippen LogP contribution < -0.4 is 11.2 Å². The van der Waals surface area contributed by atoms with Crippen LogP contribution in [-0.2, 0) is 12.7 Å². The second kappa shape index (κ2) is 6.38. The summed E-state index contributed by atoms with van der Waals surface area (Å²) in [6.07, 6.45) is -1.64. The molecule has 0 radical (unpaired) electrons. The van der Waals surface area contributed by atoms with Crippen molar-refractivity contribution in [2.75, 3.05) is 5.75 Å². The lowest BCUT2D eigenvalue weighted by molar-refractivity contribution is -0.137. The Bertz CT molecular complexity index is 1160. The number of alkyl halides is 3. The van der Waals surface area contributed by atoms with E-state index in [0.717, 1.165) is 11.8 Å². The van der Waals surface area contributed by atoms with Crippen molar-refractivity contribution in [1.82, 2.24) is 19.5 Å². The highest BCUT2D eigenvalue weighted by Crippen LogP contribution is 2.45. The van der Waals surface area contributed by atoms with Crippen molar-refractivity contribution in [2.45, 2.75) is 23.5 Å². The predicted molar refractivity (Wildman–Crippen MR) is 94.3 cm³/mol. The van der Waals surface area contributed by atoms with Gasteiger partial charge in [0.05, 0.1) is 26.4 Å². The summed E-state index contributed by atoms with van der Waals surface area (Å²) in [4.78, 5) is 35.1. The fourth-order valence-electron chi connectivity index (χ4n) is 3.05. The molecular formula is C16H10ClF3N4O2S. The number of nitrogens with zero attached hydrogens (tertiary/aromatic N) is 3. The normalized spacial score (nSPS) is 17.1. The lowest BCUT2D eigenvalue weighted by atomic mass is 10.1. The van der Waals surface area contributed by atoms with Gasteiger partial charge in [0.1, 0.15) is 5.82 Å². The quantitative estimate of drug-likeness (QED) is 0.662. The van der Waals surface area contributed by atoms with Crippen LogP contribution in [0.25, 0.3) is 10.9 Å². The summed E-state index contributed by atoms with van der Waals surface area (Å²) in [5.74, 6) is 0.409. The highest BCUT2D eigenvalue weighted by Gasteiger charge is 2.37. The van der Waals surface area contributed by atoms with E-state index in [9.17, 15) is 22.8 Å². The third kappa shape index (κ3) is 3.02. The van der Waals surface area contributed by atoms with Gasteiger partial charge in [-0.3, -0.25) is 14.3 Å². The van der Waals surface area contributed by atoms with Gasteiger partial charge in [-0.05, 0) is 12.1 Å². The molecule has 140 valence electrons. The summed E-state index contributed by atoms with van der Waals surface area (Å²) < 4.78 is 41.3. The average molecular weight is 415 g/mol. The van der Waals surface area contributed by atoms with Crippen LogP contribution >= 0.6 is 23.4 Å². The van der Waals surface area contributed by atoms with Gasteiger partial charge < -0.3 is 0 Å². The molecule has 6 nitrogen and oxygen atoms in total. The lowest BCUT2D eigenvalue weighted by Crippen LogP contribution is -2.32. The number of thioether (sulfide) groups is 1. The molecule has 3 aromatic rings. The molecule has 0 aliphatic carbocycles. The highest BCUT2D eigenvalue weighted by molar-refractivity contribution is 7.99. The Balaban J connectivity index is 2.02. The van der Waals surface area contributed by atoms with Crippen LogP contribution in [0.3, 0.4) is 0 Å². The van der Waals surface area contributed by atoms with Crippen molar-refractivity contribution >= 4 is 34.3 Å². The Morgan fingerprint density at radius 2 is 1.96 bits per heavy atom. The summed E-state index contributed by atoms with van der Waals surface area (Å²) >= 11 is 7.10. The summed E-state index contributed by atoms with van der Waals surface area (Å²) in [5, 5.41) is -0.753. The second-order valence-electron chi connectivity index (χ2n) is 5.95. The summed E-state index contributed by atoms with van der Waals surface area (Å²) in [5.41, 5.74) is -2.60. The molecule has 0 spiro atoms. The van der Waals surface area contributed by atoms with E-state index in [-0.39, 0.29) is 28.3 Å². The molecule has 1 unspecified atom stereocenters. The monoisotopic (exact) mass is 414 g/mol. The number of nitrogens with one attached hydrogen (secondary N) is 1. The van der Waals surface area contributed by atoms with E-state index in [4.69, 9.17) is 11.6 Å². The number of benzene rings is 1. The van der Waals surface area contributed by atoms with E-state index in [1.165, 1.54) is 4.57 Å². The van der Waals surface area contributed by atoms with Gasteiger partial charge in [-0.2, -0.15) is 13.2 Å².